The van der Waals surface area contributed by atoms with Crippen molar-refractivity contribution in [2.24, 2.45) is 5.92 Å². The van der Waals surface area contributed by atoms with Crippen LogP contribution < -0.4 is 0 Å². The molecule has 2 atom stereocenters. The average molecular weight is 310 g/mol. The Morgan fingerprint density at radius 3 is 2.55 bits per heavy atom. The normalized spacial score (nSPS) is 16.5. The van der Waals surface area contributed by atoms with Crippen LogP contribution in [-0.2, 0) is 9.53 Å². The predicted molar refractivity (Wildman–Crippen MR) is 92.7 cm³/mol. The minimum absolute atomic E-state index is 0.279. The van der Waals surface area contributed by atoms with Crippen molar-refractivity contribution < 1.29 is 14.6 Å². The molecule has 128 valence electrons. The van der Waals surface area contributed by atoms with E-state index in [1.807, 2.05) is 26.8 Å². The molecule has 0 aliphatic carbocycles. The number of carbonyl (C=O) groups excluding carboxylic acids is 1. The van der Waals surface area contributed by atoms with Crippen molar-refractivity contribution in [3.63, 3.8) is 0 Å². The summed E-state index contributed by atoms with van der Waals surface area (Å²) in [6.45, 7) is 10.3. The Balaban J connectivity index is 4.18. The quantitative estimate of drug-likeness (QED) is 0.339. The van der Waals surface area contributed by atoms with Crippen molar-refractivity contribution >= 4 is 5.97 Å². The van der Waals surface area contributed by atoms with Gasteiger partial charge >= 0.3 is 5.97 Å². The second kappa shape index (κ2) is 11.5. The molecule has 0 aromatic heterocycles. The van der Waals surface area contributed by atoms with E-state index in [1.54, 1.807) is 6.92 Å². The number of hydrogen-bond acceptors (Lipinski definition) is 3. The molecule has 0 saturated carbocycles. The molecule has 0 spiro atoms. The molecule has 0 rings (SSSR count). The lowest BCUT2D eigenvalue weighted by atomic mass is 9.90. The Labute approximate surface area is 136 Å². The first-order valence-electron chi connectivity index (χ1n) is 8.58. The highest BCUT2D eigenvalue weighted by Gasteiger charge is 2.17. The molecule has 2 unspecified atom stereocenters. The van der Waals surface area contributed by atoms with E-state index in [2.05, 4.69) is 13.0 Å². The molecule has 0 fully saturated rings. The molecule has 0 aliphatic rings. The number of ether oxygens (including phenoxy) is 1. The molecule has 0 bridgehead atoms. The minimum atomic E-state index is -0.521. The molecule has 0 aromatic rings. The smallest absolute Gasteiger partial charge is 0.330 e. The lowest BCUT2D eigenvalue weighted by molar-refractivity contribution is -0.137. The van der Waals surface area contributed by atoms with Crippen molar-refractivity contribution in [2.45, 2.75) is 78.7 Å². The third kappa shape index (κ3) is 10.6. The van der Waals surface area contributed by atoms with Gasteiger partial charge in [0.1, 0.15) is 0 Å². The summed E-state index contributed by atoms with van der Waals surface area (Å²) in [4.78, 5) is 11.3. The van der Waals surface area contributed by atoms with Gasteiger partial charge in [0, 0.05) is 6.08 Å². The monoisotopic (exact) mass is 310 g/mol. The van der Waals surface area contributed by atoms with Gasteiger partial charge in [-0.25, -0.2) is 4.79 Å². The molecule has 1 N–H and O–H groups in total. The Morgan fingerprint density at radius 1 is 1.32 bits per heavy atom. The van der Waals surface area contributed by atoms with Gasteiger partial charge in [-0.3, -0.25) is 0 Å². The summed E-state index contributed by atoms with van der Waals surface area (Å²) >= 11 is 0. The summed E-state index contributed by atoms with van der Waals surface area (Å²) < 4.78 is 4.88. The zero-order chi connectivity index (χ0) is 17.0. The number of carbonyl (C=O) groups is 1. The van der Waals surface area contributed by atoms with E-state index in [0.29, 0.717) is 12.5 Å². The highest BCUT2D eigenvalue weighted by molar-refractivity contribution is 5.83. The van der Waals surface area contributed by atoms with E-state index >= 15 is 0 Å². The van der Waals surface area contributed by atoms with Crippen LogP contribution in [0.1, 0.15) is 73.1 Å². The van der Waals surface area contributed by atoms with Gasteiger partial charge in [0.25, 0.3) is 0 Å². The summed E-state index contributed by atoms with van der Waals surface area (Å²) in [5, 5.41) is 10.0. The van der Waals surface area contributed by atoms with Gasteiger partial charge in [-0.15, -0.1) is 0 Å². The number of aliphatic hydroxyl groups is 1. The van der Waals surface area contributed by atoms with Gasteiger partial charge < -0.3 is 9.84 Å². The van der Waals surface area contributed by atoms with Crippen LogP contribution >= 0.6 is 0 Å². The fourth-order valence-corrected chi connectivity index (χ4v) is 2.30. The van der Waals surface area contributed by atoms with Crippen LogP contribution in [0.2, 0.25) is 0 Å². The average Bonchev–Trinajstić information content (AvgIpc) is 2.45. The van der Waals surface area contributed by atoms with Gasteiger partial charge in [0.05, 0.1) is 12.2 Å². The fraction of sp³-hybridized carbons (Fsp3) is 0.737. The number of hydrogen-bond donors (Lipinski definition) is 1. The van der Waals surface area contributed by atoms with E-state index in [1.165, 1.54) is 6.08 Å². The first-order chi connectivity index (χ1) is 10.3. The second-order valence-electron chi connectivity index (χ2n) is 6.30. The summed E-state index contributed by atoms with van der Waals surface area (Å²) in [7, 11) is 0. The Bertz CT molecular complexity index is 367. The minimum Gasteiger partial charge on any atom is -0.463 e. The van der Waals surface area contributed by atoms with Gasteiger partial charge in [-0.1, -0.05) is 45.3 Å². The lowest BCUT2D eigenvalue weighted by Crippen LogP contribution is -2.22. The SMILES string of the molecule is CCOC(=O)C=C(C)C=CCC(CC)CCCC(C)(O)CC. The third-order valence-corrected chi connectivity index (χ3v) is 4.15. The molecule has 3 nitrogen and oxygen atoms in total. The Kier molecular flexibility index (Phi) is 10.9. The Hall–Kier alpha value is -1.09. The zero-order valence-corrected chi connectivity index (χ0v) is 15.0. The van der Waals surface area contributed by atoms with Crippen molar-refractivity contribution in [3.8, 4) is 0 Å². The lowest BCUT2D eigenvalue weighted by Gasteiger charge is -2.22. The number of allylic oxidation sites excluding steroid dienone is 3. The van der Waals surface area contributed by atoms with E-state index in [9.17, 15) is 9.90 Å². The molecule has 0 aliphatic heterocycles. The maximum Gasteiger partial charge on any atom is 0.330 e. The summed E-state index contributed by atoms with van der Waals surface area (Å²) in [5.74, 6) is 0.359. The van der Waals surface area contributed by atoms with Crippen molar-refractivity contribution in [1.82, 2.24) is 0 Å². The number of rotatable bonds is 11. The van der Waals surface area contributed by atoms with Crippen LogP contribution in [0.15, 0.2) is 23.8 Å². The van der Waals surface area contributed by atoms with E-state index < -0.39 is 5.60 Å². The molecule has 0 heterocycles. The molecule has 0 radical (unpaired) electrons. The van der Waals surface area contributed by atoms with Crippen LogP contribution in [0.25, 0.3) is 0 Å². The van der Waals surface area contributed by atoms with Crippen molar-refractivity contribution in [3.05, 3.63) is 23.8 Å². The van der Waals surface area contributed by atoms with Gasteiger partial charge in [0.15, 0.2) is 0 Å². The summed E-state index contributed by atoms with van der Waals surface area (Å²) in [6.07, 6.45) is 11.7. The Morgan fingerprint density at radius 2 is 2.00 bits per heavy atom. The zero-order valence-electron chi connectivity index (χ0n) is 15.0. The van der Waals surface area contributed by atoms with E-state index in [-0.39, 0.29) is 5.97 Å². The second-order valence-corrected chi connectivity index (χ2v) is 6.30. The van der Waals surface area contributed by atoms with Crippen LogP contribution in [0.4, 0.5) is 0 Å². The first kappa shape index (κ1) is 20.9. The maximum absolute atomic E-state index is 11.3. The van der Waals surface area contributed by atoms with Crippen molar-refractivity contribution in [1.29, 1.82) is 0 Å². The standard InChI is InChI=1S/C19H34O3/c1-6-17(13-10-14-19(5,21)7-2)12-9-11-16(4)15-18(20)22-8-3/h9,11,15,17,21H,6-8,10,12-14H2,1-5H3. The summed E-state index contributed by atoms with van der Waals surface area (Å²) in [5.41, 5.74) is 0.398. The topological polar surface area (TPSA) is 46.5 Å². The van der Waals surface area contributed by atoms with Gasteiger partial charge in [-0.05, 0) is 51.5 Å². The fourth-order valence-electron chi connectivity index (χ4n) is 2.30. The van der Waals surface area contributed by atoms with E-state index in [4.69, 9.17) is 4.74 Å². The molecular weight excluding hydrogens is 276 g/mol. The van der Waals surface area contributed by atoms with Crippen LogP contribution in [0, 0.1) is 5.92 Å². The highest BCUT2D eigenvalue weighted by Crippen LogP contribution is 2.22. The third-order valence-electron chi connectivity index (χ3n) is 4.15. The van der Waals surface area contributed by atoms with Crippen LogP contribution in [-0.4, -0.2) is 23.3 Å². The predicted octanol–water partition coefficient (Wildman–Crippen LogP) is 4.80. The molecule has 3 heteroatoms. The van der Waals surface area contributed by atoms with Crippen LogP contribution in [0.3, 0.4) is 0 Å². The summed E-state index contributed by atoms with van der Waals surface area (Å²) in [6, 6.07) is 0. The molecular formula is C19H34O3. The van der Waals surface area contributed by atoms with Gasteiger partial charge in [0.2, 0.25) is 0 Å². The van der Waals surface area contributed by atoms with Crippen molar-refractivity contribution in [2.75, 3.05) is 6.61 Å². The first-order valence-corrected chi connectivity index (χ1v) is 8.58. The maximum atomic E-state index is 11.3. The van der Waals surface area contributed by atoms with Crippen LogP contribution in [0.5, 0.6) is 0 Å². The molecule has 0 amide bonds. The number of esters is 1. The van der Waals surface area contributed by atoms with Gasteiger partial charge in [-0.2, -0.15) is 0 Å². The largest absolute Gasteiger partial charge is 0.463 e. The van der Waals surface area contributed by atoms with E-state index in [0.717, 1.165) is 44.1 Å². The molecule has 22 heavy (non-hydrogen) atoms. The molecule has 0 saturated heterocycles. The molecule has 0 aromatic carbocycles. The highest BCUT2D eigenvalue weighted by atomic mass is 16.5.